The summed E-state index contributed by atoms with van der Waals surface area (Å²) in [6.07, 6.45) is -2.71. The molecule has 0 bridgehead atoms. The molecule has 0 saturated heterocycles. The highest BCUT2D eigenvalue weighted by atomic mass is 32.1. The molecule has 0 aromatic heterocycles. The van der Waals surface area contributed by atoms with Gasteiger partial charge in [-0.3, -0.25) is 4.79 Å². The maximum absolute atomic E-state index is 12.1. The van der Waals surface area contributed by atoms with Crippen LogP contribution in [0.4, 0.5) is 18.9 Å². The van der Waals surface area contributed by atoms with E-state index in [2.05, 4.69) is 15.4 Å². The summed E-state index contributed by atoms with van der Waals surface area (Å²) in [5, 5.41) is 5.98. The average molecular weight is 347 g/mol. The van der Waals surface area contributed by atoms with Crippen molar-refractivity contribution in [2.24, 2.45) is 0 Å². The molecule has 0 radical (unpaired) electrons. The Balaban J connectivity index is 1.82. The molecule has 1 aliphatic rings. The normalized spacial score (nSPS) is 14.1. The second-order valence-electron chi connectivity index (χ2n) is 5.20. The fourth-order valence-corrected chi connectivity index (χ4v) is 1.93. The summed E-state index contributed by atoms with van der Waals surface area (Å²) in [5.74, 6) is -0.431. The van der Waals surface area contributed by atoms with E-state index in [0.29, 0.717) is 10.8 Å². The third kappa shape index (κ3) is 6.31. The van der Waals surface area contributed by atoms with Crippen molar-refractivity contribution in [3.8, 4) is 5.75 Å². The molecule has 2 rings (SSSR count). The lowest BCUT2D eigenvalue weighted by Crippen LogP contribution is -2.40. The van der Waals surface area contributed by atoms with Gasteiger partial charge in [0, 0.05) is 18.8 Å². The topological polar surface area (TPSA) is 53.6 Å². The number of ether oxygens (including phenoxy) is 1. The van der Waals surface area contributed by atoms with Gasteiger partial charge >= 0.3 is 6.36 Å². The molecule has 126 valence electrons. The van der Waals surface area contributed by atoms with Gasteiger partial charge in [-0.25, -0.2) is 0 Å². The average Bonchev–Trinajstić information content (AvgIpc) is 3.23. The number of hydrogen-bond acceptors (Lipinski definition) is 3. The van der Waals surface area contributed by atoms with Gasteiger partial charge < -0.3 is 20.3 Å². The quantitative estimate of drug-likeness (QED) is 0.802. The van der Waals surface area contributed by atoms with Gasteiger partial charge in [-0.05, 0) is 49.3 Å². The summed E-state index contributed by atoms with van der Waals surface area (Å²) < 4.78 is 40.0. The number of likely N-dealkylation sites (N-methyl/N-ethyl adjacent to an activating group) is 1. The Kier molecular flexibility index (Phi) is 5.30. The highest BCUT2D eigenvalue weighted by molar-refractivity contribution is 7.80. The van der Waals surface area contributed by atoms with Crippen LogP contribution in [0.3, 0.4) is 0 Å². The third-order valence-corrected chi connectivity index (χ3v) is 3.42. The first-order valence-electron chi connectivity index (χ1n) is 6.90. The van der Waals surface area contributed by atoms with Crippen molar-refractivity contribution in [3.05, 3.63) is 24.3 Å². The molecule has 0 heterocycles. The van der Waals surface area contributed by atoms with Crippen LogP contribution >= 0.6 is 12.2 Å². The summed E-state index contributed by atoms with van der Waals surface area (Å²) in [6.45, 7) is 0.109. The number of anilines is 1. The molecule has 0 aliphatic heterocycles. The Bertz CT molecular complexity index is 574. The van der Waals surface area contributed by atoms with Crippen molar-refractivity contribution in [2.75, 3.05) is 18.9 Å². The highest BCUT2D eigenvalue weighted by Gasteiger charge is 2.31. The van der Waals surface area contributed by atoms with Crippen LogP contribution in [-0.2, 0) is 4.79 Å². The monoisotopic (exact) mass is 347 g/mol. The molecule has 0 spiro atoms. The van der Waals surface area contributed by atoms with Crippen LogP contribution in [0.15, 0.2) is 24.3 Å². The van der Waals surface area contributed by atoms with Crippen molar-refractivity contribution in [1.29, 1.82) is 0 Å². The molecule has 1 aliphatic carbocycles. The summed E-state index contributed by atoms with van der Waals surface area (Å²) in [4.78, 5) is 13.2. The summed E-state index contributed by atoms with van der Waals surface area (Å²) in [6, 6.07) is 5.45. The number of hydrogen-bond donors (Lipinski definition) is 2. The van der Waals surface area contributed by atoms with E-state index < -0.39 is 6.36 Å². The summed E-state index contributed by atoms with van der Waals surface area (Å²) in [7, 11) is 1.66. The number of halogens is 3. The van der Waals surface area contributed by atoms with E-state index in [1.165, 1.54) is 24.3 Å². The number of amides is 1. The molecule has 23 heavy (non-hydrogen) atoms. The van der Waals surface area contributed by atoms with E-state index in [0.717, 1.165) is 12.8 Å². The number of thiocarbonyl (C=S) groups is 1. The number of alkyl halides is 3. The van der Waals surface area contributed by atoms with E-state index in [4.69, 9.17) is 12.2 Å². The molecule has 1 amide bonds. The van der Waals surface area contributed by atoms with Gasteiger partial charge in [0.25, 0.3) is 0 Å². The van der Waals surface area contributed by atoms with Gasteiger partial charge in [0.05, 0.1) is 6.54 Å². The summed E-state index contributed by atoms with van der Waals surface area (Å²) in [5.41, 5.74) is 0.499. The molecular weight excluding hydrogens is 331 g/mol. The second-order valence-corrected chi connectivity index (χ2v) is 5.59. The lowest BCUT2D eigenvalue weighted by Gasteiger charge is -2.20. The van der Waals surface area contributed by atoms with Gasteiger partial charge in [-0.15, -0.1) is 13.2 Å². The van der Waals surface area contributed by atoms with Crippen molar-refractivity contribution in [3.63, 3.8) is 0 Å². The Hall–Kier alpha value is -2.03. The predicted octanol–water partition coefficient (Wildman–Crippen LogP) is 2.49. The maximum atomic E-state index is 12.1. The summed E-state index contributed by atoms with van der Waals surface area (Å²) >= 11 is 5.15. The second kappa shape index (κ2) is 7.03. The zero-order valence-electron chi connectivity index (χ0n) is 12.3. The molecule has 1 saturated carbocycles. The van der Waals surface area contributed by atoms with Gasteiger partial charge in [-0.2, -0.15) is 0 Å². The minimum absolute atomic E-state index is 0.109. The Morgan fingerprint density at radius 3 is 2.48 bits per heavy atom. The van der Waals surface area contributed by atoms with E-state index in [1.807, 2.05) is 0 Å². The Labute approximate surface area is 136 Å². The maximum Gasteiger partial charge on any atom is 0.573 e. The van der Waals surface area contributed by atoms with E-state index >= 15 is 0 Å². The van der Waals surface area contributed by atoms with Crippen molar-refractivity contribution < 1.29 is 22.7 Å². The molecule has 9 heteroatoms. The smallest absolute Gasteiger partial charge is 0.406 e. The zero-order valence-corrected chi connectivity index (χ0v) is 13.1. The molecule has 2 N–H and O–H groups in total. The highest BCUT2D eigenvalue weighted by Crippen LogP contribution is 2.24. The van der Waals surface area contributed by atoms with Crippen LogP contribution in [0, 0.1) is 0 Å². The lowest BCUT2D eigenvalue weighted by molar-refractivity contribution is -0.274. The van der Waals surface area contributed by atoms with Crippen molar-refractivity contribution in [2.45, 2.75) is 25.2 Å². The number of nitrogens with one attached hydrogen (secondary N) is 2. The van der Waals surface area contributed by atoms with Gasteiger partial charge in [0.2, 0.25) is 5.91 Å². The number of benzene rings is 1. The van der Waals surface area contributed by atoms with Gasteiger partial charge in [0.15, 0.2) is 5.11 Å². The van der Waals surface area contributed by atoms with Crippen LogP contribution in [0.2, 0.25) is 0 Å². The number of carbonyl (C=O) groups excluding carboxylic acids is 1. The molecule has 0 atom stereocenters. The molecule has 1 fully saturated rings. The van der Waals surface area contributed by atoms with E-state index in [9.17, 15) is 18.0 Å². The molecule has 1 aromatic rings. The minimum atomic E-state index is -4.72. The largest absolute Gasteiger partial charge is 0.573 e. The van der Waals surface area contributed by atoms with Crippen molar-refractivity contribution in [1.82, 2.24) is 10.2 Å². The van der Waals surface area contributed by atoms with Gasteiger partial charge in [-0.1, -0.05) is 0 Å². The molecule has 5 nitrogen and oxygen atoms in total. The predicted molar refractivity (Wildman–Crippen MR) is 83.1 cm³/mol. The molecule has 1 aromatic carbocycles. The van der Waals surface area contributed by atoms with Crippen LogP contribution < -0.4 is 15.4 Å². The number of nitrogens with zero attached hydrogens (tertiary/aromatic N) is 1. The first-order valence-corrected chi connectivity index (χ1v) is 7.31. The van der Waals surface area contributed by atoms with E-state index in [-0.39, 0.29) is 24.2 Å². The molecular formula is C14H16F3N3O2S. The third-order valence-electron chi connectivity index (χ3n) is 3.01. The first-order chi connectivity index (χ1) is 10.7. The lowest BCUT2D eigenvalue weighted by atomic mass is 10.3. The fraction of sp³-hybridized carbons (Fsp3) is 0.429. The first kappa shape index (κ1) is 17.3. The van der Waals surface area contributed by atoms with Crippen LogP contribution in [0.1, 0.15) is 12.8 Å². The van der Waals surface area contributed by atoms with Crippen LogP contribution in [0.5, 0.6) is 5.75 Å². The fourth-order valence-electron chi connectivity index (χ4n) is 1.75. The SMILES string of the molecule is CN(CC(=O)NC1CC1)C(=S)Nc1ccc(OC(F)(F)F)cc1. The van der Waals surface area contributed by atoms with E-state index in [1.54, 1.807) is 11.9 Å². The van der Waals surface area contributed by atoms with Crippen molar-refractivity contribution >= 4 is 28.9 Å². The van der Waals surface area contributed by atoms with Gasteiger partial charge in [0.1, 0.15) is 5.75 Å². The zero-order chi connectivity index (χ0) is 17.0. The van der Waals surface area contributed by atoms with Crippen LogP contribution in [-0.4, -0.2) is 41.9 Å². The number of rotatable bonds is 5. The minimum Gasteiger partial charge on any atom is -0.406 e. The number of carbonyl (C=O) groups is 1. The Morgan fingerprint density at radius 2 is 1.96 bits per heavy atom. The standard InChI is InChI=1S/C14H16F3N3O2S/c1-20(8-12(21)18-9-2-3-9)13(23)19-10-4-6-11(7-5-10)22-14(15,16)17/h4-7,9H,2-3,8H2,1H3,(H,18,21)(H,19,23). The van der Waals surface area contributed by atoms with Crippen LogP contribution in [0.25, 0.3) is 0 Å². The molecule has 0 unspecified atom stereocenters. The Morgan fingerprint density at radius 1 is 1.35 bits per heavy atom.